The molecule has 0 spiro atoms. The third-order valence-corrected chi connectivity index (χ3v) is 4.98. The van der Waals surface area contributed by atoms with Gasteiger partial charge < -0.3 is 10.2 Å². The molecule has 1 saturated heterocycles. The monoisotopic (exact) mass is 283 g/mol. The summed E-state index contributed by atoms with van der Waals surface area (Å²) in [6.45, 7) is 5.13. The first-order valence-electron chi connectivity index (χ1n) is 6.72. The van der Waals surface area contributed by atoms with Gasteiger partial charge in [-0.25, -0.2) is 13.4 Å². The molecule has 0 amide bonds. The van der Waals surface area contributed by atoms with Gasteiger partial charge in [0.2, 0.25) is 0 Å². The van der Waals surface area contributed by atoms with Crippen LogP contribution in [0.1, 0.15) is 18.9 Å². The molecule has 2 heterocycles. The Morgan fingerprint density at radius 1 is 1.32 bits per heavy atom. The van der Waals surface area contributed by atoms with E-state index >= 15 is 0 Å². The van der Waals surface area contributed by atoms with E-state index in [2.05, 4.69) is 22.1 Å². The van der Waals surface area contributed by atoms with Crippen LogP contribution in [0.3, 0.4) is 0 Å². The number of anilines is 1. The lowest BCUT2D eigenvalue weighted by Gasteiger charge is -2.20. The van der Waals surface area contributed by atoms with Crippen LogP contribution < -0.4 is 10.2 Å². The van der Waals surface area contributed by atoms with E-state index in [0.717, 1.165) is 31.0 Å². The van der Waals surface area contributed by atoms with Crippen molar-refractivity contribution >= 4 is 15.7 Å². The Labute approximate surface area is 114 Å². The third kappa shape index (κ3) is 4.18. The van der Waals surface area contributed by atoms with Gasteiger partial charge in [-0.1, -0.05) is 13.0 Å². The second-order valence-corrected chi connectivity index (χ2v) is 7.10. The second-order valence-electron chi connectivity index (χ2n) is 4.80. The molecular formula is C13H21N3O2S. The Morgan fingerprint density at radius 2 is 2.16 bits per heavy atom. The normalized spacial score (nSPS) is 19.1. The molecule has 1 fully saturated rings. The number of pyridine rings is 1. The zero-order valence-corrected chi connectivity index (χ0v) is 12.1. The largest absolute Gasteiger partial charge is 0.356 e. The summed E-state index contributed by atoms with van der Waals surface area (Å²) in [6.07, 6.45) is 2.54. The first kappa shape index (κ1) is 14.3. The van der Waals surface area contributed by atoms with Crippen LogP contribution in [-0.2, 0) is 16.4 Å². The van der Waals surface area contributed by atoms with Gasteiger partial charge in [0.05, 0.1) is 11.5 Å². The Bertz CT molecular complexity index is 499. The predicted octanol–water partition coefficient (Wildman–Crippen LogP) is 0.816. The molecule has 1 aromatic rings. The van der Waals surface area contributed by atoms with Gasteiger partial charge >= 0.3 is 0 Å². The average Bonchev–Trinajstić information content (AvgIpc) is 2.58. The quantitative estimate of drug-likeness (QED) is 0.886. The molecule has 19 heavy (non-hydrogen) atoms. The molecular weight excluding hydrogens is 262 g/mol. The molecule has 0 unspecified atom stereocenters. The lowest BCUT2D eigenvalue weighted by Crippen LogP contribution is -2.27. The van der Waals surface area contributed by atoms with Gasteiger partial charge in [-0.2, -0.15) is 0 Å². The molecule has 1 N–H and O–H groups in total. The molecule has 0 saturated carbocycles. The molecule has 5 nitrogen and oxygen atoms in total. The lowest BCUT2D eigenvalue weighted by atomic mass is 10.2. The van der Waals surface area contributed by atoms with Crippen LogP contribution in [0.15, 0.2) is 18.3 Å². The van der Waals surface area contributed by atoms with Crippen molar-refractivity contribution in [1.29, 1.82) is 0 Å². The lowest BCUT2D eigenvalue weighted by molar-refractivity contribution is 0.597. The minimum Gasteiger partial charge on any atom is -0.356 e. The number of sulfone groups is 1. The zero-order valence-electron chi connectivity index (χ0n) is 11.3. The highest BCUT2D eigenvalue weighted by atomic mass is 32.2. The summed E-state index contributed by atoms with van der Waals surface area (Å²) >= 11 is 0. The highest BCUT2D eigenvalue weighted by Crippen LogP contribution is 2.15. The van der Waals surface area contributed by atoms with Crippen molar-refractivity contribution in [2.24, 2.45) is 0 Å². The van der Waals surface area contributed by atoms with E-state index in [-0.39, 0.29) is 5.75 Å². The van der Waals surface area contributed by atoms with Crippen LogP contribution in [0.5, 0.6) is 0 Å². The summed E-state index contributed by atoms with van der Waals surface area (Å²) in [5.41, 5.74) is 1.15. The first-order valence-corrected chi connectivity index (χ1v) is 8.54. The van der Waals surface area contributed by atoms with Gasteiger partial charge in [0.25, 0.3) is 0 Å². The molecule has 6 heteroatoms. The molecule has 0 aliphatic carbocycles. The van der Waals surface area contributed by atoms with Crippen LogP contribution in [0.4, 0.5) is 5.82 Å². The summed E-state index contributed by atoms with van der Waals surface area (Å²) in [5, 5.41) is 3.25. The van der Waals surface area contributed by atoms with E-state index in [1.54, 1.807) is 0 Å². The Morgan fingerprint density at radius 3 is 2.84 bits per heavy atom. The molecule has 0 atom stereocenters. The van der Waals surface area contributed by atoms with E-state index in [1.165, 1.54) is 0 Å². The fraction of sp³-hybridized carbons (Fsp3) is 0.615. The fourth-order valence-electron chi connectivity index (χ4n) is 2.15. The van der Waals surface area contributed by atoms with Gasteiger partial charge in [-0.3, -0.25) is 0 Å². The first-order chi connectivity index (χ1) is 9.11. The maximum Gasteiger partial charge on any atom is 0.152 e. The van der Waals surface area contributed by atoms with E-state index in [1.807, 2.05) is 18.3 Å². The minimum absolute atomic E-state index is 0.230. The maximum atomic E-state index is 11.6. The number of nitrogens with zero attached hydrogens (tertiary/aromatic N) is 2. The fourth-order valence-corrected chi connectivity index (χ4v) is 3.42. The topological polar surface area (TPSA) is 62.3 Å². The van der Waals surface area contributed by atoms with Gasteiger partial charge in [-0.15, -0.1) is 0 Å². The maximum absolute atomic E-state index is 11.6. The number of rotatable bonds is 4. The van der Waals surface area contributed by atoms with Crippen molar-refractivity contribution in [2.45, 2.75) is 19.9 Å². The van der Waals surface area contributed by atoms with Crippen LogP contribution in [0.2, 0.25) is 0 Å². The molecule has 1 aromatic heterocycles. The van der Waals surface area contributed by atoms with Crippen molar-refractivity contribution in [3.05, 3.63) is 23.9 Å². The van der Waals surface area contributed by atoms with Crippen molar-refractivity contribution < 1.29 is 8.42 Å². The van der Waals surface area contributed by atoms with E-state index in [9.17, 15) is 8.42 Å². The molecule has 0 bridgehead atoms. The summed E-state index contributed by atoms with van der Waals surface area (Å²) in [7, 11) is -2.86. The zero-order chi connectivity index (χ0) is 13.7. The second kappa shape index (κ2) is 6.34. The number of hydrogen-bond donors (Lipinski definition) is 1. The van der Waals surface area contributed by atoms with Crippen molar-refractivity contribution in [3.8, 4) is 0 Å². The van der Waals surface area contributed by atoms with Crippen molar-refractivity contribution in [3.63, 3.8) is 0 Å². The van der Waals surface area contributed by atoms with E-state index in [0.29, 0.717) is 18.7 Å². The summed E-state index contributed by atoms with van der Waals surface area (Å²) in [6, 6.07) is 4.02. The summed E-state index contributed by atoms with van der Waals surface area (Å²) in [5.74, 6) is 1.40. The Kier molecular flexibility index (Phi) is 4.76. The molecule has 0 radical (unpaired) electrons. The van der Waals surface area contributed by atoms with E-state index in [4.69, 9.17) is 0 Å². The number of aromatic nitrogens is 1. The Balaban J connectivity index is 2.01. The van der Waals surface area contributed by atoms with E-state index < -0.39 is 9.84 Å². The van der Waals surface area contributed by atoms with Gasteiger partial charge in [0.1, 0.15) is 5.82 Å². The standard InChI is InChI=1S/C13H21N3O2S/c1-2-14-10-12-4-5-13(15-11-12)16-6-3-8-19(17,18)9-7-16/h4-5,11,14H,2-3,6-10H2,1H3. The summed E-state index contributed by atoms with van der Waals surface area (Å²) < 4.78 is 23.1. The molecule has 0 aromatic carbocycles. The predicted molar refractivity (Wildman–Crippen MR) is 77.1 cm³/mol. The van der Waals surface area contributed by atoms with Gasteiger partial charge in [0.15, 0.2) is 9.84 Å². The summed E-state index contributed by atoms with van der Waals surface area (Å²) in [4.78, 5) is 6.49. The van der Waals surface area contributed by atoms with Crippen LogP contribution in [0.25, 0.3) is 0 Å². The SMILES string of the molecule is CCNCc1ccc(N2CCCS(=O)(=O)CC2)nc1. The molecule has 1 aliphatic rings. The van der Waals surface area contributed by atoms with Crippen molar-refractivity contribution in [2.75, 3.05) is 36.0 Å². The minimum atomic E-state index is -2.86. The Hall–Kier alpha value is -1.14. The third-order valence-electron chi connectivity index (χ3n) is 3.27. The number of nitrogens with one attached hydrogen (secondary N) is 1. The van der Waals surface area contributed by atoms with Gasteiger partial charge in [0, 0.05) is 25.8 Å². The molecule has 2 rings (SSSR count). The highest BCUT2D eigenvalue weighted by Gasteiger charge is 2.19. The van der Waals surface area contributed by atoms with Crippen LogP contribution in [0, 0.1) is 0 Å². The highest BCUT2D eigenvalue weighted by molar-refractivity contribution is 7.91. The molecule has 1 aliphatic heterocycles. The smallest absolute Gasteiger partial charge is 0.152 e. The van der Waals surface area contributed by atoms with Gasteiger partial charge in [-0.05, 0) is 24.6 Å². The molecule has 106 valence electrons. The van der Waals surface area contributed by atoms with Crippen molar-refractivity contribution in [1.82, 2.24) is 10.3 Å². The van der Waals surface area contributed by atoms with Crippen LogP contribution in [-0.4, -0.2) is 44.5 Å². The number of hydrogen-bond acceptors (Lipinski definition) is 5. The van der Waals surface area contributed by atoms with Crippen LogP contribution >= 0.6 is 0 Å². The average molecular weight is 283 g/mol.